The molecule has 0 aliphatic carbocycles. The average Bonchev–Trinajstić information content (AvgIpc) is 2.40. The molecule has 0 saturated carbocycles. The van der Waals surface area contributed by atoms with E-state index in [0.29, 0.717) is 5.92 Å². The highest BCUT2D eigenvalue weighted by atomic mass is 16.5. The van der Waals surface area contributed by atoms with Crippen LogP contribution in [-0.4, -0.2) is 26.4 Å². The van der Waals surface area contributed by atoms with Crippen LogP contribution in [0.1, 0.15) is 32.8 Å². The smallest absolute Gasteiger partial charge is 0.119 e. The van der Waals surface area contributed by atoms with Crippen LogP contribution < -0.4 is 10.1 Å². The molecule has 1 rings (SSSR count). The first-order valence-corrected chi connectivity index (χ1v) is 7.07. The Hall–Kier alpha value is -1.06. The van der Waals surface area contributed by atoms with Gasteiger partial charge in [0.1, 0.15) is 5.75 Å². The summed E-state index contributed by atoms with van der Waals surface area (Å²) in [6.45, 7) is 8.99. The van der Waals surface area contributed by atoms with Gasteiger partial charge in [-0.15, -0.1) is 0 Å². The van der Waals surface area contributed by atoms with Crippen LogP contribution >= 0.6 is 0 Å². The van der Waals surface area contributed by atoms with E-state index < -0.39 is 0 Å². The Bertz CT molecular complexity index is 335. The van der Waals surface area contributed by atoms with Crippen molar-refractivity contribution >= 4 is 0 Å². The molecule has 108 valence electrons. The fourth-order valence-corrected chi connectivity index (χ4v) is 1.62. The van der Waals surface area contributed by atoms with Crippen LogP contribution in [0.4, 0.5) is 0 Å². The quantitative estimate of drug-likeness (QED) is 0.743. The zero-order chi connectivity index (χ0) is 14.1. The standard InChI is InChI=1S/C16H27NO2/c1-13(2)9-10-19-16-7-5-15(6-8-16)12-17-11-14(3)18-4/h5-8,13-14,17H,9-12H2,1-4H3. The molecular formula is C16H27NO2. The summed E-state index contributed by atoms with van der Waals surface area (Å²) < 4.78 is 10.9. The van der Waals surface area contributed by atoms with Gasteiger partial charge in [-0.1, -0.05) is 26.0 Å². The van der Waals surface area contributed by atoms with Gasteiger partial charge >= 0.3 is 0 Å². The lowest BCUT2D eigenvalue weighted by molar-refractivity contribution is 0.117. The van der Waals surface area contributed by atoms with Gasteiger partial charge < -0.3 is 14.8 Å². The molecular weight excluding hydrogens is 238 g/mol. The lowest BCUT2D eigenvalue weighted by Crippen LogP contribution is -2.25. The average molecular weight is 265 g/mol. The fourth-order valence-electron chi connectivity index (χ4n) is 1.62. The van der Waals surface area contributed by atoms with Gasteiger partial charge in [-0.25, -0.2) is 0 Å². The van der Waals surface area contributed by atoms with Crippen molar-refractivity contribution in [1.29, 1.82) is 0 Å². The van der Waals surface area contributed by atoms with Crippen LogP contribution in [0.25, 0.3) is 0 Å². The van der Waals surface area contributed by atoms with E-state index in [-0.39, 0.29) is 6.10 Å². The van der Waals surface area contributed by atoms with E-state index in [1.807, 2.05) is 12.1 Å². The highest BCUT2D eigenvalue weighted by Crippen LogP contribution is 2.13. The first-order chi connectivity index (χ1) is 9.11. The van der Waals surface area contributed by atoms with Crippen molar-refractivity contribution in [1.82, 2.24) is 5.32 Å². The second-order valence-electron chi connectivity index (χ2n) is 5.35. The number of benzene rings is 1. The van der Waals surface area contributed by atoms with Gasteiger partial charge in [0.15, 0.2) is 0 Å². The Morgan fingerprint density at radius 3 is 2.37 bits per heavy atom. The van der Waals surface area contributed by atoms with Gasteiger partial charge in [-0.2, -0.15) is 0 Å². The molecule has 0 aliphatic heterocycles. The minimum Gasteiger partial charge on any atom is -0.494 e. The molecule has 1 aromatic rings. The monoisotopic (exact) mass is 265 g/mol. The van der Waals surface area contributed by atoms with Crippen molar-refractivity contribution in [3.8, 4) is 5.75 Å². The lowest BCUT2D eigenvalue weighted by atomic mass is 10.1. The maximum absolute atomic E-state index is 5.69. The Kier molecular flexibility index (Phi) is 7.53. The number of rotatable bonds is 9. The Labute approximate surface area is 117 Å². The zero-order valence-corrected chi connectivity index (χ0v) is 12.6. The summed E-state index contributed by atoms with van der Waals surface area (Å²) in [4.78, 5) is 0. The summed E-state index contributed by atoms with van der Waals surface area (Å²) in [6.07, 6.45) is 1.34. The molecule has 0 saturated heterocycles. The molecule has 0 aliphatic rings. The molecule has 19 heavy (non-hydrogen) atoms. The Morgan fingerprint density at radius 2 is 1.79 bits per heavy atom. The number of hydrogen-bond donors (Lipinski definition) is 1. The zero-order valence-electron chi connectivity index (χ0n) is 12.6. The molecule has 0 amide bonds. The van der Waals surface area contributed by atoms with Crippen molar-refractivity contribution in [3.05, 3.63) is 29.8 Å². The van der Waals surface area contributed by atoms with Crippen LogP contribution in [0, 0.1) is 5.92 Å². The minimum atomic E-state index is 0.249. The summed E-state index contributed by atoms with van der Waals surface area (Å²) in [5.74, 6) is 1.64. The largest absolute Gasteiger partial charge is 0.494 e. The highest BCUT2D eigenvalue weighted by Gasteiger charge is 2.00. The molecule has 0 aromatic heterocycles. The second kappa shape index (κ2) is 8.94. The molecule has 1 atom stereocenters. The minimum absolute atomic E-state index is 0.249. The Morgan fingerprint density at radius 1 is 1.11 bits per heavy atom. The van der Waals surface area contributed by atoms with Crippen molar-refractivity contribution in [2.75, 3.05) is 20.3 Å². The van der Waals surface area contributed by atoms with Crippen LogP contribution in [0.5, 0.6) is 5.75 Å². The Balaban J connectivity index is 2.27. The summed E-state index contributed by atoms with van der Waals surface area (Å²) in [5.41, 5.74) is 1.26. The SMILES string of the molecule is COC(C)CNCc1ccc(OCCC(C)C)cc1. The molecule has 1 unspecified atom stereocenters. The molecule has 0 spiro atoms. The molecule has 0 fully saturated rings. The molecule has 0 radical (unpaired) electrons. The summed E-state index contributed by atoms with van der Waals surface area (Å²) in [5, 5.41) is 3.36. The summed E-state index contributed by atoms with van der Waals surface area (Å²) in [7, 11) is 1.73. The third kappa shape index (κ3) is 7.19. The molecule has 3 heteroatoms. The van der Waals surface area contributed by atoms with Crippen LogP contribution in [0.3, 0.4) is 0 Å². The van der Waals surface area contributed by atoms with Gasteiger partial charge in [0.25, 0.3) is 0 Å². The van der Waals surface area contributed by atoms with E-state index in [1.54, 1.807) is 7.11 Å². The first kappa shape index (κ1) is 16.0. The van der Waals surface area contributed by atoms with Gasteiger partial charge in [-0.3, -0.25) is 0 Å². The molecule has 1 N–H and O–H groups in total. The van der Waals surface area contributed by atoms with E-state index in [4.69, 9.17) is 9.47 Å². The van der Waals surface area contributed by atoms with Gasteiger partial charge in [0.05, 0.1) is 12.7 Å². The molecule has 0 bridgehead atoms. The third-order valence-corrected chi connectivity index (χ3v) is 3.05. The number of hydrogen-bond acceptors (Lipinski definition) is 3. The van der Waals surface area contributed by atoms with E-state index in [0.717, 1.165) is 31.9 Å². The maximum atomic E-state index is 5.69. The number of nitrogens with one attached hydrogen (secondary N) is 1. The lowest BCUT2D eigenvalue weighted by Gasteiger charge is -2.11. The summed E-state index contributed by atoms with van der Waals surface area (Å²) >= 11 is 0. The van der Waals surface area contributed by atoms with Crippen LogP contribution in [-0.2, 0) is 11.3 Å². The number of methoxy groups -OCH3 is 1. The van der Waals surface area contributed by atoms with Gasteiger partial charge in [0.2, 0.25) is 0 Å². The van der Waals surface area contributed by atoms with Gasteiger partial charge in [0, 0.05) is 20.2 Å². The maximum Gasteiger partial charge on any atom is 0.119 e. The second-order valence-corrected chi connectivity index (χ2v) is 5.35. The van der Waals surface area contributed by atoms with Gasteiger partial charge in [-0.05, 0) is 37.0 Å². The normalized spacial score (nSPS) is 12.7. The van der Waals surface area contributed by atoms with E-state index in [9.17, 15) is 0 Å². The van der Waals surface area contributed by atoms with Crippen molar-refractivity contribution in [2.45, 2.75) is 39.8 Å². The highest BCUT2D eigenvalue weighted by molar-refractivity contribution is 5.27. The first-order valence-electron chi connectivity index (χ1n) is 7.07. The predicted octanol–water partition coefficient (Wildman–Crippen LogP) is 3.24. The van der Waals surface area contributed by atoms with Crippen molar-refractivity contribution < 1.29 is 9.47 Å². The van der Waals surface area contributed by atoms with Crippen molar-refractivity contribution in [3.63, 3.8) is 0 Å². The predicted molar refractivity (Wildman–Crippen MR) is 79.6 cm³/mol. The van der Waals surface area contributed by atoms with Crippen molar-refractivity contribution in [2.24, 2.45) is 5.92 Å². The third-order valence-electron chi connectivity index (χ3n) is 3.05. The molecule has 0 heterocycles. The van der Waals surface area contributed by atoms with Crippen LogP contribution in [0.15, 0.2) is 24.3 Å². The topological polar surface area (TPSA) is 30.5 Å². The fraction of sp³-hybridized carbons (Fsp3) is 0.625. The molecule has 3 nitrogen and oxygen atoms in total. The van der Waals surface area contributed by atoms with E-state index >= 15 is 0 Å². The van der Waals surface area contributed by atoms with E-state index in [2.05, 4.69) is 38.2 Å². The number of ether oxygens (including phenoxy) is 2. The van der Waals surface area contributed by atoms with Crippen LogP contribution in [0.2, 0.25) is 0 Å². The van der Waals surface area contributed by atoms with E-state index in [1.165, 1.54) is 5.56 Å². The molecule has 1 aromatic carbocycles. The summed E-state index contributed by atoms with van der Waals surface area (Å²) in [6, 6.07) is 8.29.